The normalized spacial score (nSPS) is 37.5. The summed E-state index contributed by atoms with van der Waals surface area (Å²) in [6, 6.07) is 0.0529. The van der Waals surface area contributed by atoms with E-state index in [-0.39, 0.29) is 18.7 Å². The topological polar surface area (TPSA) is 29.5 Å². The molecule has 3 radical (unpaired) electrons. The van der Waals surface area contributed by atoms with Crippen LogP contribution < -0.4 is 0 Å². The Morgan fingerprint density at radius 1 is 1.73 bits per heavy atom. The highest BCUT2D eigenvalue weighted by molar-refractivity contribution is 6.90. The Hall–Kier alpha value is 0.0499. The van der Waals surface area contributed by atoms with Crippen LogP contribution in [-0.4, -0.2) is 38.7 Å². The molecule has 0 saturated carbocycles. The van der Waals surface area contributed by atoms with Crippen molar-refractivity contribution in [3.05, 3.63) is 0 Å². The molecule has 1 aliphatic heterocycles. The van der Waals surface area contributed by atoms with Gasteiger partial charge in [0.05, 0.1) is 19.9 Å². The Morgan fingerprint density at radius 2 is 2.45 bits per heavy atom. The fraction of sp³-hybridized carbons (Fsp3) is 1.00. The predicted molar refractivity (Wildman–Crippen MR) is 45.7 cm³/mol. The van der Waals surface area contributed by atoms with Gasteiger partial charge in [0.2, 0.25) is 0 Å². The van der Waals surface area contributed by atoms with Crippen molar-refractivity contribution in [2.45, 2.75) is 31.9 Å². The van der Waals surface area contributed by atoms with Gasteiger partial charge in [0.15, 0.2) is 0 Å². The molecule has 0 aromatic carbocycles. The summed E-state index contributed by atoms with van der Waals surface area (Å²) in [5.74, 6) is 0.477. The Balaban J connectivity index is 2.41. The van der Waals surface area contributed by atoms with Crippen LogP contribution in [0.15, 0.2) is 0 Å². The highest BCUT2D eigenvalue weighted by atomic mass is 16.5. The van der Waals surface area contributed by atoms with Gasteiger partial charge in [-0.2, -0.15) is 0 Å². The van der Waals surface area contributed by atoms with Crippen molar-refractivity contribution in [3.63, 3.8) is 0 Å². The van der Waals surface area contributed by atoms with Crippen LogP contribution in [0.3, 0.4) is 0 Å². The summed E-state index contributed by atoms with van der Waals surface area (Å²) in [7, 11) is 6.90. The quantitative estimate of drug-likeness (QED) is 0.570. The van der Waals surface area contributed by atoms with Gasteiger partial charge >= 0.3 is 0 Å². The molecule has 0 aromatic heterocycles. The van der Waals surface area contributed by atoms with Gasteiger partial charge in [-0.15, -0.1) is 0 Å². The second-order valence-electron chi connectivity index (χ2n) is 2.99. The molecular formula is C7H13B2O2. The van der Waals surface area contributed by atoms with E-state index in [1.165, 1.54) is 0 Å². The number of rotatable bonds is 3. The van der Waals surface area contributed by atoms with E-state index < -0.39 is 0 Å². The molecule has 2 nitrogen and oxygen atoms in total. The first-order valence-corrected chi connectivity index (χ1v) is 4.13. The maximum absolute atomic E-state index is 8.90. The number of aliphatic hydroxyl groups excluding tert-OH is 1. The van der Waals surface area contributed by atoms with E-state index in [0.717, 1.165) is 12.8 Å². The molecule has 1 N–H and O–H groups in total. The van der Waals surface area contributed by atoms with Gasteiger partial charge < -0.3 is 9.84 Å². The van der Waals surface area contributed by atoms with Gasteiger partial charge in [0.25, 0.3) is 0 Å². The molecule has 0 amide bonds. The van der Waals surface area contributed by atoms with E-state index in [1.807, 2.05) is 0 Å². The molecule has 0 spiro atoms. The van der Waals surface area contributed by atoms with Crippen molar-refractivity contribution in [2.24, 2.45) is 5.92 Å². The zero-order valence-electron chi connectivity index (χ0n) is 6.86. The Kier molecular flexibility index (Phi) is 3.46. The minimum atomic E-state index is 0.00444. The first-order valence-electron chi connectivity index (χ1n) is 4.13. The molecule has 0 bridgehead atoms. The lowest BCUT2D eigenvalue weighted by Crippen LogP contribution is -2.21. The average molecular weight is 151 g/mol. The smallest absolute Gasteiger partial charge is 0.0941 e. The maximum atomic E-state index is 8.90. The van der Waals surface area contributed by atoms with Gasteiger partial charge in [-0.25, -0.2) is 0 Å². The van der Waals surface area contributed by atoms with Crippen LogP contribution in [0.2, 0.25) is 0 Å². The summed E-state index contributed by atoms with van der Waals surface area (Å²) < 4.78 is 5.43. The number of hydrogen-bond acceptors (Lipinski definition) is 2. The Bertz CT molecular complexity index is 109. The van der Waals surface area contributed by atoms with E-state index in [2.05, 4.69) is 6.92 Å². The monoisotopic (exact) mass is 151 g/mol. The van der Waals surface area contributed by atoms with Crippen LogP contribution >= 0.6 is 0 Å². The minimum absolute atomic E-state index is 0.00444. The molecule has 59 valence electrons. The molecule has 3 unspecified atom stereocenters. The van der Waals surface area contributed by atoms with Crippen LogP contribution in [0.1, 0.15) is 19.8 Å². The first kappa shape index (κ1) is 9.14. The standard InChI is InChI=1S/C7H13B2O2/c1-2-5-3-7(9-8)11-6(5)4-10/h5-7,10H,2-4H2,1H3. The summed E-state index contributed by atoms with van der Waals surface area (Å²) in [5.41, 5.74) is 0. The number of aliphatic hydroxyl groups is 1. The molecule has 3 atom stereocenters. The lowest BCUT2D eigenvalue weighted by atomic mass is 9.51. The predicted octanol–water partition coefficient (Wildman–Crippen LogP) is -0.0924. The first-order chi connectivity index (χ1) is 5.31. The van der Waals surface area contributed by atoms with Gasteiger partial charge in [0, 0.05) is 13.7 Å². The number of hydrogen-bond donors (Lipinski definition) is 1. The molecule has 1 rings (SSSR count). The zero-order valence-corrected chi connectivity index (χ0v) is 6.86. The summed E-state index contributed by atoms with van der Waals surface area (Å²) in [4.78, 5) is 0. The molecule has 4 heteroatoms. The lowest BCUT2D eigenvalue weighted by molar-refractivity contribution is 0.0255. The van der Waals surface area contributed by atoms with Crippen LogP contribution in [0.5, 0.6) is 0 Å². The second-order valence-corrected chi connectivity index (χ2v) is 2.99. The van der Waals surface area contributed by atoms with E-state index in [0.29, 0.717) is 5.92 Å². The van der Waals surface area contributed by atoms with Crippen LogP contribution in [-0.2, 0) is 4.74 Å². The molecule has 11 heavy (non-hydrogen) atoms. The lowest BCUT2D eigenvalue weighted by Gasteiger charge is -2.13. The zero-order chi connectivity index (χ0) is 8.27. The summed E-state index contributed by atoms with van der Waals surface area (Å²) in [6.45, 7) is 2.22. The van der Waals surface area contributed by atoms with E-state index in [1.54, 1.807) is 7.17 Å². The van der Waals surface area contributed by atoms with Crippen LogP contribution in [0.4, 0.5) is 0 Å². The van der Waals surface area contributed by atoms with E-state index >= 15 is 0 Å². The van der Waals surface area contributed by atoms with E-state index in [9.17, 15) is 0 Å². The molecule has 1 heterocycles. The largest absolute Gasteiger partial charge is 0.394 e. The van der Waals surface area contributed by atoms with Gasteiger partial charge in [0.1, 0.15) is 0 Å². The third-order valence-corrected chi connectivity index (χ3v) is 2.33. The van der Waals surface area contributed by atoms with Gasteiger partial charge in [-0.3, -0.25) is 0 Å². The van der Waals surface area contributed by atoms with Crippen molar-refractivity contribution in [1.29, 1.82) is 0 Å². The molecule has 1 fully saturated rings. The highest BCUT2D eigenvalue weighted by Gasteiger charge is 2.31. The van der Waals surface area contributed by atoms with Crippen LogP contribution in [0.25, 0.3) is 0 Å². The fourth-order valence-corrected chi connectivity index (χ4v) is 1.59. The van der Waals surface area contributed by atoms with Crippen molar-refractivity contribution in [3.8, 4) is 0 Å². The molecular weight excluding hydrogens is 138 g/mol. The second kappa shape index (κ2) is 4.17. The number of ether oxygens (including phenoxy) is 1. The molecule has 1 aliphatic rings. The Labute approximate surface area is 70.0 Å². The molecule has 0 aromatic rings. The van der Waals surface area contributed by atoms with Gasteiger partial charge in [-0.05, 0) is 12.3 Å². The SMILES string of the molecule is [B][B]C1CC(CC)C(CO)O1. The van der Waals surface area contributed by atoms with Crippen LogP contribution in [0, 0.1) is 5.92 Å². The summed E-state index contributed by atoms with van der Waals surface area (Å²) in [5, 5.41) is 8.90. The van der Waals surface area contributed by atoms with Crippen molar-refractivity contribution in [1.82, 2.24) is 0 Å². The summed E-state index contributed by atoms with van der Waals surface area (Å²) >= 11 is 0. The maximum Gasteiger partial charge on any atom is 0.0941 e. The van der Waals surface area contributed by atoms with Gasteiger partial charge in [-0.1, -0.05) is 13.3 Å². The van der Waals surface area contributed by atoms with Crippen molar-refractivity contribution in [2.75, 3.05) is 6.61 Å². The minimum Gasteiger partial charge on any atom is -0.394 e. The van der Waals surface area contributed by atoms with Crippen molar-refractivity contribution >= 4 is 14.9 Å². The average Bonchev–Trinajstić information content (AvgIpc) is 2.46. The molecule has 0 aliphatic carbocycles. The highest BCUT2D eigenvalue weighted by Crippen LogP contribution is 2.27. The fourth-order valence-electron chi connectivity index (χ4n) is 1.59. The van der Waals surface area contributed by atoms with Crippen molar-refractivity contribution < 1.29 is 9.84 Å². The Morgan fingerprint density at radius 3 is 2.82 bits per heavy atom. The third-order valence-electron chi connectivity index (χ3n) is 2.33. The third kappa shape index (κ3) is 2.00. The molecule has 1 saturated heterocycles. The summed E-state index contributed by atoms with van der Waals surface area (Å²) in [6.07, 6.45) is 2.01. The van der Waals surface area contributed by atoms with E-state index in [4.69, 9.17) is 17.6 Å².